The van der Waals surface area contributed by atoms with E-state index in [9.17, 15) is 4.79 Å². The van der Waals surface area contributed by atoms with E-state index in [4.69, 9.17) is 5.73 Å². The van der Waals surface area contributed by atoms with Gasteiger partial charge in [-0.05, 0) is 53.1 Å². The summed E-state index contributed by atoms with van der Waals surface area (Å²) in [5.41, 5.74) is 14.0. The third kappa shape index (κ3) is 2.88. The summed E-state index contributed by atoms with van der Waals surface area (Å²) in [7, 11) is 0. The van der Waals surface area contributed by atoms with Gasteiger partial charge in [-0.25, -0.2) is 0 Å². The third-order valence-corrected chi connectivity index (χ3v) is 5.64. The van der Waals surface area contributed by atoms with Crippen molar-refractivity contribution in [1.29, 1.82) is 0 Å². The largest absolute Gasteiger partial charge is 0.368 e. The molecule has 136 valence electrons. The number of hydrogen-bond acceptors (Lipinski definition) is 3. The smallest absolute Gasteiger partial charge is 0.251 e. The Balaban J connectivity index is 1.92. The summed E-state index contributed by atoms with van der Waals surface area (Å²) in [6.07, 6.45) is 4.06. The van der Waals surface area contributed by atoms with Crippen LogP contribution < -0.4 is 16.0 Å². The highest BCUT2D eigenvalue weighted by molar-refractivity contribution is 6.04. The van der Waals surface area contributed by atoms with E-state index in [-0.39, 0.29) is 5.91 Å². The first-order valence-electron chi connectivity index (χ1n) is 9.73. The summed E-state index contributed by atoms with van der Waals surface area (Å²) < 4.78 is 0. The van der Waals surface area contributed by atoms with Crippen molar-refractivity contribution in [2.45, 2.75) is 32.6 Å². The molecule has 0 unspecified atom stereocenters. The van der Waals surface area contributed by atoms with E-state index < -0.39 is 0 Å². The van der Waals surface area contributed by atoms with Gasteiger partial charge >= 0.3 is 0 Å². The standard InChI is InChI=1S/C22H27N3O/c1-2-3-6-16-14-18-17-8-5-4-7-15(17)13-19(18)20(22(23)26)21(16)25-11-9-24-10-12-25/h4-5,7-8,14,24H,2-3,6,9-13H2,1H3,(H2,23,26). The molecule has 26 heavy (non-hydrogen) atoms. The van der Waals surface area contributed by atoms with Gasteiger partial charge in [0.25, 0.3) is 5.91 Å². The first-order valence-corrected chi connectivity index (χ1v) is 9.73. The molecule has 0 radical (unpaired) electrons. The molecule has 1 saturated heterocycles. The number of anilines is 1. The first-order chi connectivity index (χ1) is 12.7. The first kappa shape index (κ1) is 17.1. The summed E-state index contributed by atoms with van der Waals surface area (Å²) in [5.74, 6) is -0.291. The molecule has 0 aromatic heterocycles. The fourth-order valence-corrected chi connectivity index (χ4v) is 4.39. The van der Waals surface area contributed by atoms with Crippen LogP contribution in [-0.4, -0.2) is 32.1 Å². The van der Waals surface area contributed by atoms with Crippen molar-refractivity contribution in [2.24, 2.45) is 5.73 Å². The molecule has 1 fully saturated rings. The molecule has 4 rings (SSSR count). The van der Waals surface area contributed by atoms with Gasteiger partial charge in [0, 0.05) is 26.2 Å². The Morgan fingerprint density at radius 1 is 1.19 bits per heavy atom. The lowest BCUT2D eigenvalue weighted by Crippen LogP contribution is -2.44. The van der Waals surface area contributed by atoms with Crippen molar-refractivity contribution in [3.8, 4) is 11.1 Å². The minimum atomic E-state index is -0.291. The van der Waals surface area contributed by atoms with E-state index in [0.717, 1.165) is 68.7 Å². The van der Waals surface area contributed by atoms with Gasteiger partial charge in [0.05, 0.1) is 11.3 Å². The van der Waals surface area contributed by atoms with Crippen LogP contribution in [0.5, 0.6) is 0 Å². The number of nitrogens with zero attached hydrogens (tertiary/aromatic N) is 1. The predicted molar refractivity (Wildman–Crippen MR) is 107 cm³/mol. The predicted octanol–water partition coefficient (Wildman–Crippen LogP) is 3.11. The van der Waals surface area contributed by atoms with E-state index in [2.05, 4.69) is 47.5 Å². The highest BCUT2D eigenvalue weighted by atomic mass is 16.1. The van der Waals surface area contributed by atoms with Crippen LogP contribution in [0.4, 0.5) is 5.69 Å². The Labute approximate surface area is 155 Å². The van der Waals surface area contributed by atoms with Gasteiger partial charge in [-0.15, -0.1) is 0 Å². The number of primary amides is 1. The zero-order chi connectivity index (χ0) is 18.1. The van der Waals surface area contributed by atoms with E-state index >= 15 is 0 Å². The quantitative estimate of drug-likeness (QED) is 0.744. The molecule has 1 heterocycles. The van der Waals surface area contributed by atoms with Gasteiger partial charge in [-0.2, -0.15) is 0 Å². The van der Waals surface area contributed by atoms with Gasteiger partial charge in [0.15, 0.2) is 0 Å². The van der Waals surface area contributed by atoms with E-state index in [1.807, 2.05) is 0 Å². The normalized spacial score (nSPS) is 15.7. The van der Waals surface area contributed by atoms with Crippen molar-refractivity contribution in [3.05, 3.63) is 52.6 Å². The highest BCUT2D eigenvalue weighted by Crippen LogP contribution is 2.43. The molecule has 4 nitrogen and oxygen atoms in total. The maximum Gasteiger partial charge on any atom is 0.251 e. The zero-order valence-electron chi connectivity index (χ0n) is 15.5. The summed E-state index contributed by atoms with van der Waals surface area (Å²) in [6.45, 7) is 5.95. The van der Waals surface area contributed by atoms with Crippen LogP contribution in [0.15, 0.2) is 30.3 Å². The Morgan fingerprint density at radius 3 is 2.69 bits per heavy atom. The molecule has 0 atom stereocenters. The SMILES string of the molecule is CCCCc1cc2c(c(C(N)=O)c1N1CCNCC1)Cc1ccccc1-2. The van der Waals surface area contributed by atoms with Crippen LogP contribution in [0.25, 0.3) is 11.1 Å². The minimum Gasteiger partial charge on any atom is -0.368 e. The molecule has 1 amide bonds. The van der Waals surface area contributed by atoms with Crippen LogP contribution >= 0.6 is 0 Å². The average Bonchev–Trinajstić information content (AvgIpc) is 3.03. The number of nitrogens with one attached hydrogen (secondary N) is 1. The molecule has 0 spiro atoms. The summed E-state index contributed by atoms with van der Waals surface area (Å²) in [4.78, 5) is 14.9. The summed E-state index contributed by atoms with van der Waals surface area (Å²) in [5, 5.41) is 3.40. The number of aryl methyl sites for hydroxylation is 1. The molecule has 0 bridgehead atoms. The lowest BCUT2D eigenvalue weighted by Gasteiger charge is -2.33. The summed E-state index contributed by atoms with van der Waals surface area (Å²) in [6, 6.07) is 10.8. The molecular formula is C22H27N3O. The summed E-state index contributed by atoms with van der Waals surface area (Å²) >= 11 is 0. The number of fused-ring (bicyclic) bond motifs is 3. The van der Waals surface area contributed by atoms with Crippen LogP contribution in [0.2, 0.25) is 0 Å². The monoisotopic (exact) mass is 349 g/mol. The molecule has 4 heteroatoms. The molecule has 1 aliphatic heterocycles. The second kappa shape index (κ2) is 7.12. The van der Waals surface area contributed by atoms with E-state index in [0.29, 0.717) is 0 Å². The van der Waals surface area contributed by atoms with Gasteiger partial charge in [0.2, 0.25) is 0 Å². The molecule has 2 aliphatic rings. The Bertz CT molecular complexity index is 838. The fraction of sp³-hybridized carbons (Fsp3) is 0.409. The average molecular weight is 349 g/mol. The lowest BCUT2D eigenvalue weighted by molar-refractivity contribution is 0.1000. The topological polar surface area (TPSA) is 58.4 Å². The number of unbranched alkanes of at least 4 members (excludes halogenated alkanes) is 1. The third-order valence-electron chi connectivity index (χ3n) is 5.64. The van der Waals surface area contributed by atoms with Crippen molar-refractivity contribution in [1.82, 2.24) is 5.32 Å². The maximum atomic E-state index is 12.6. The number of carbonyl (C=O) groups is 1. The van der Waals surface area contributed by atoms with Gasteiger partial charge in [-0.1, -0.05) is 37.6 Å². The number of rotatable bonds is 5. The van der Waals surface area contributed by atoms with Gasteiger partial charge in [-0.3, -0.25) is 4.79 Å². The lowest BCUT2D eigenvalue weighted by atomic mass is 9.91. The molecular weight excluding hydrogens is 322 g/mol. The molecule has 0 saturated carbocycles. The molecule has 1 aliphatic carbocycles. The van der Waals surface area contributed by atoms with Crippen molar-refractivity contribution >= 4 is 11.6 Å². The number of carbonyl (C=O) groups excluding carboxylic acids is 1. The Hall–Kier alpha value is -2.33. The van der Waals surface area contributed by atoms with Gasteiger partial charge in [0.1, 0.15) is 0 Å². The van der Waals surface area contributed by atoms with Gasteiger partial charge < -0.3 is 16.0 Å². The van der Waals surface area contributed by atoms with Crippen molar-refractivity contribution in [2.75, 3.05) is 31.1 Å². The second-order valence-corrected chi connectivity index (χ2v) is 7.32. The van der Waals surface area contributed by atoms with Crippen LogP contribution in [0.3, 0.4) is 0 Å². The Kier molecular flexibility index (Phi) is 4.68. The van der Waals surface area contributed by atoms with E-state index in [1.165, 1.54) is 22.3 Å². The van der Waals surface area contributed by atoms with Crippen LogP contribution in [-0.2, 0) is 12.8 Å². The highest BCUT2D eigenvalue weighted by Gasteiger charge is 2.30. The molecule has 2 aromatic rings. The molecule has 2 aromatic carbocycles. The fourth-order valence-electron chi connectivity index (χ4n) is 4.39. The number of benzene rings is 2. The molecule has 3 N–H and O–H groups in total. The maximum absolute atomic E-state index is 12.6. The Morgan fingerprint density at radius 2 is 1.96 bits per heavy atom. The number of amides is 1. The van der Waals surface area contributed by atoms with Crippen LogP contribution in [0, 0.1) is 0 Å². The second-order valence-electron chi connectivity index (χ2n) is 7.32. The minimum absolute atomic E-state index is 0.291. The number of piperazine rings is 1. The number of hydrogen-bond donors (Lipinski definition) is 2. The van der Waals surface area contributed by atoms with E-state index in [1.54, 1.807) is 0 Å². The van der Waals surface area contributed by atoms with Crippen molar-refractivity contribution in [3.63, 3.8) is 0 Å². The zero-order valence-corrected chi connectivity index (χ0v) is 15.5. The van der Waals surface area contributed by atoms with Crippen LogP contribution in [0.1, 0.15) is 46.8 Å². The number of nitrogens with two attached hydrogens (primary N) is 1. The van der Waals surface area contributed by atoms with Crippen molar-refractivity contribution < 1.29 is 4.79 Å².